The van der Waals surface area contributed by atoms with Gasteiger partial charge in [0.25, 0.3) is 0 Å². The number of nitrogens with zero attached hydrogens (tertiary/aromatic N) is 2. The molecule has 2 heteroatoms. The van der Waals surface area contributed by atoms with Gasteiger partial charge >= 0.3 is 0 Å². The summed E-state index contributed by atoms with van der Waals surface area (Å²) in [4.78, 5) is 5.22. The van der Waals surface area contributed by atoms with Gasteiger partial charge in [0, 0.05) is 37.3 Å². The Hall–Kier alpha value is -1.02. The summed E-state index contributed by atoms with van der Waals surface area (Å²) >= 11 is 0. The molecule has 1 aromatic carbocycles. The molecule has 0 bridgehead atoms. The zero-order valence-corrected chi connectivity index (χ0v) is 14.7. The number of anilines is 1. The highest BCUT2D eigenvalue weighted by molar-refractivity contribution is 5.65. The predicted octanol–water partition coefficient (Wildman–Crippen LogP) is 4.06. The Balaban J connectivity index is 1.89. The fourth-order valence-corrected chi connectivity index (χ4v) is 4.56. The molecule has 120 valence electrons. The molecule has 0 unspecified atom stereocenters. The van der Waals surface area contributed by atoms with E-state index in [0.717, 1.165) is 6.54 Å². The van der Waals surface area contributed by atoms with Gasteiger partial charge in [-0.25, -0.2) is 0 Å². The predicted molar refractivity (Wildman–Crippen MR) is 93.8 cm³/mol. The second kappa shape index (κ2) is 4.74. The lowest BCUT2D eigenvalue weighted by Gasteiger charge is -2.38. The lowest BCUT2D eigenvalue weighted by molar-refractivity contribution is 0.271. The van der Waals surface area contributed by atoms with Crippen LogP contribution < -0.4 is 4.90 Å². The van der Waals surface area contributed by atoms with Crippen molar-refractivity contribution in [3.63, 3.8) is 0 Å². The Morgan fingerprint density at radius 2 is 1.73 bits per heavy atom. The van der Waals surface area contributed by atoms with E-state index in [1.807, 2.05) is 0 Å². The number of likely N-dealkylation sites (N-methyl/N-ethyl adjacent to an activating group) is 1. The van der Waals surface area contributed by atoms with Gasteiger partial charge in [-0.15, -0.1) is 0 Å². The standard InChI is InChI=1S/C20H30N2/c1-19(2,3)16-11-15-13-21(4)14-20(7-8-20)18(15)17(12-16)22-9-5-6-10-22/h11-12H,5-10,13-14H2,1-4H3. The van der Waals surface area contributed by atoms with Gasteiger partial charge in [-0.1, -0.05) is 26.8 Å². The van der Waals surface area contributed by atoms with E-state index in [1.54, 1.807) is 16.8 Å². The summed E-state index contributed by atoms with van der Waals surface area (Å²) in [7, 11) is 2.29. The number of hydrogen-bond acceptors (Lipinski definition) is 2. The average molecular weight is 298 g/mol. The van der Waals surface area contributed by atoms with Crippen LogP contribution in [0.5, 0.6) is 0 Å². The minimum atomic E-state index is 0.232. The first-order chi connectivity index (χ1) is 10.4. The molecule has 0 amide bonds. The SMILES string of the molecule is CN1Cc2cc(C(C)(C)C)cc(N3CCCC3)c2C2(CC2)C1. The maximum Gasteiger partial charge on any atom is 0.0411 e. The minimum Gasteiger partial charge on any atom is -0.371 e. The largest absolute Gasteiger partial charge is 0.371 e. The molecule has 1 aromatic rings. The van der Waals surface area contributed by atoms with Crippen molar-refractivity contribution in [3.8, 4) is 0 Å². The van der Waals surface area contributed by atoms with Crippen molar-refractivity contribution in [2.24, 2.45) is 0 Å². The first kappa shape index (κ1) is 14.6. The maximum absolute atomic E-state index is 2.68. The normalized spacial score (nSPS) is 23.9. The van der Waals surface area contributed by atoms with Gasteiger partial charge in [-0.05, 0) is 60.9 Å². The van der Waals surface area contributed by atoms with Gasteiger partial charge in [-0.3, -0.25) is 0 Å². The summed E-state index contributed by atoms with van der Waals surface area (Å²) in [6, 6.07) is 5.06. The second-order valence-corrected chi connectivity index (χ2v) is 8.93. The van der Waals surface area contributed by atoms with E-state index in [9.17, 15) is 0 Å². The fourth-order valence-electron chi connectivity index (χ4n) is 4.56. The summed E-state index contributed by atoms with van der Waals surface area (Å²) < 4.78 is 0. The third-order valence-electron chi connectivity index (χ3n) is 5.91. The maximum atomic E-state index is 2.68. The van der Waals surface area contributed by atoms with Crippen LogP contribution in [0.1, 0.15) is 63.1 Å². The monoisotopic (exact) mass is 298 g/mol. The lowest BCUT2D eigenvalue weighted by atomic mass is 9.79. The molecule has 2 nitrogen and oxygen atoms in total. The molecule has 0 radical (unpaired) electrons. The van der Waals surface area contributed by atoms with E-state index in [2.05, 4.69) is 49.8 Å². The molecule has 22 heavy (non-hydrogen) atoms. The molecule has 0 N–H and O–H groups in total. The minimum absolute atomic E-state index is 0.232. The van der Waals surface area contributed by atoms with E-state index >= 15 is 0 Å². The van der Waals surface area contributed by atoms with Crippen molar-refractivity contribution in [2.75, 3.05) is 31.6 Å². The van der Waals surface area contributed by atoms with Crippen molar-refractivity contribution in [1.82, 2.24) is 4.90 Å². The summed E-state index contributed by atoms with van der Waals surface area (Å²) in [5, 5.41) is 0. The molecule has 2 aliphatic heterocycles. The van der Waals surface area contributed by atoms with Gasteiger partial charge < -0.3 is 9.80 Å². The lowest BCUT2D eigenvalue weighted by Crippen LogP contribution is -2.37. The summed E-state index contributed by atoms with van der Waals surface area (Å²) in [5.41, 5.74) is 7.15. The highest BCUT2D eigenvalue weighted by Crippen LogP contribution is 2.56. The highest BCUT2D eigenvalue weighted by atomic mass is 15.2. The second-order valence-electron chi connectivity index (χ2n) is 8.93. The van der Waals surface area contributed by atoms with Crippen molar-refractivity contribution in [1.29, 1.82) is 0 Å². The van der Waals surface area contributed by atoms with Crippen LogP contribution >= 0.6 is 0 Å². The smallest absolute Gasteiger partial charge is 0.0411 e. The van der Waals surface area contributed by atoms with Crippen molar-refractivity contribution in [2.45, 2.75) is 63.8 Å². The van der Waals surface area contributed by atoms with Crippen molar-refractivity contribution < 1.29 is 0 Å². The van der Waals surface area contributed by atoms with Gasteiger partial charge in [-0.2, -0.15) is 0 Å². The zero-order valence-electron chi connectivity index (χ0n) is 14.7. The Morgan fingerprint density at radius 3 is 2.32 bits per heavy atom. The summed E-state index contributed by atoms with van der Waals surface area (Å²) in [6.07, 6.45) is 5.50. The molecule has 3 aliphatic rings. The van der Waals surface area contributed by atoms with Crippen LogP contribution in [-0.2, 0) is 17.4 Å². The number of hydrogen-bond donors (Lipinski definition) is 0. The first-order valence-electron chi connectivity index (χ1n) is 9.00. The molecule has 2 fully saturated rings. The Bertz CT molecular complexity index is 586. The molecule has 1 saturated heterocycles. The van der Waals surface area contributed by atoms with Crippen LogP contribution in [0.2, 0.25) is 0 Å². The van der Waals surface area contributed by atoms with Crippen LogP contribution in [0, 0.1) is 0 Å². The van der Waals surface area contributed by atoms with Crippen LogP contribution in [0.3, 0.4) is 0 Å². The van der Waals surface area contributed by atoms with Crippen LogP contribution in [0.4, 0.5) is 5.69 Å². The van der Waals surface area contributed by atoms with Gasteiger partial charge in [0.15, 0.2) is 0 Å². The van der Waals surface area contributed by atoms with E-state index in [-0.39, 0.29) is 5.41 Å². The Labute approximate surface area is 135 Å². The highest BCUT2D eigenvalue weighted by Gasteiger charge is 2.50. The van der Waals surface area contributed by atoms with Crippen molar-refractivity contribution >= 4 is 5.69 Å². The first-order valence-corrected chi connectivity index (χ1v) is 9.00. The summed E-state index contributed by atoms with van der Waals surface area (Å²) in [5.74, 6) is 0. The molecule has 1 saturated carbocycles. The molecule has 4 rings (SSSR count). The van der Waals surface area contributed by atoms with E-state index in [1.165, 1.54) is 50.9 Å². The fraction of sp³-hybridized carbons (Fsp3) is 0.700. The van der Waals surface area contributed by atoms with Gasteiger partial charge in [0.2, 0.25) is 0 Å². The van der Waals surface area contributed by atoms with Crippen molar-refractivity contribution in [3.05, 3.63) is 28.8 Å². The van der Waals surface area contributed by atoms with Gasteiger partial charge in [0.1, 0.15) is 0 Å². The van der Waals surface area contributed by atoms with E-state index in [4.69, 9.17) is 0 Å². The average Bonchev–Trinajstić information content (AvgIpc) is 2.99. The topological polar surface area (TPSA) is 6.48 Å². The molecule has 0 aromatic heterocycles. The molecule has 2 heterocycles. The van der Waals surface area contributed by atoms with E-state index in [0.29, 0.717) is 5.41 Å². The molecule has 1 aliphatic carbocycles. The quantitative estimate of drug-likeness (QED) is 0.771. The third kappa shape index (κ3) is 2.27. The van der Waals surface area contributed by atoms with Crippen LogP contribution in [0.25, 0.3) is 0 Å². The van der Waals surface area contributed by atoms with Crippen LogP contribution in [-0.4, -0.2) is 31.6 Å². The van der Waals surface area contributed by atoms with Crippen LogP contribution in [0.15, 0.2) is 12.1 Å². The zero-order chi connectivity index (χ0) is 15.5. The van der Waals surface area contributed by atoms with E-state index < -0.39 is 0 Å². The Morgan fingerprint density at radius 1 is 1.05 bits per heavy atom. The summed E-state index contributed by atoms with van der Waals surface area (Å²) in [6.45, 7) is 11.9. The molecule has 1 spiro atoms. The number of fused-ring (bicyclic) bond motifs is 2. The number of rotatable bonds is 1. The molecular formula is C20H30N2. The molecule has 0 atom stereocenters. The number of benzene rings is 1. The van der Waals surface area contributed by atoms with Gasteiger partial charge in [0.05, 0.1) is 0 Å². The Kier molecular flexibility index (Phi) is 3.14. The molecular weight excluding hydrogens is 268 g/mol. The third-order valence-corrected chi connectivity index (χ3v) is 5.91.